The summed E-state index contributed by atoms with van der Waals surface area (Å²) in [5.41, 5.74) is 15.6. The number of hydrogen-bond acceptors (Lipinski definition) is 3. The Bertz CT molecular complexity index is 3740. The topological polar surface area (TPSA) is 21.3 Å². The molecule has 3 heterocycles. The van der Waals surface area contributed by atoms with Crippen LogP contribution in [0.1, 0.15) is 0 Å². The molecule has 0 saturated carbocycles. The molecule has 4 heteroatoms. The van der Waals surface area contributed by atoms with Crippen molar-refractivity contribution < 1.29 is 4.42 Å². The van der Waals surface area contributed by atoms with E-state index in [9.17, 15) is 0 Å². The molecule has 0 atom stereocenters. The summed E-state index contributed by atoms with van der Waals surface area (Å²) in [5.74, 6) is 0. The highest BCUT2D eigenvalue weighted by atomic mass is 32.1. The molecule has 64 heavy (non-hydrogen) atoms. The van der Waals surface area contributed by atoms with Gasteiger partial charge in [-0.15, -0.1) is 11.3 Å². The Morgan fingerprint density at radius 2 is 0.953 bits per heavy atom. The Kier molecular flexibility index (Phi) is 8.40. The SMILES string of the molecule is c1ccc(-n2c3ccccc3c3cc(-c4cccc(N(c5ccc(-c6cccc7c6oc6ccccc67)cc5)c5ccc(-c6cccc7c6sc6ccccc67)cc5)c4)ccc32)cc1. The first-order valence-corrected chi connectivity index (χ1v) is 22.6. The number of anilines is 3. The summed E-state index contributed by atoms with van der Waals surface area (Å²) in [6.45, 7) is 0. The van der Waals surface area contributed by atoms with Gasteiger partial charge in [0.1, 0.15) is 11.2 Å². The Labute approximate surface area is 373 Å². The predicted octanol–water partition coefficient (Wildman–Crippen LogP) is 17.5. The van der Waals surface area contributed by atoms with Crippen LogP contribution in [0, 0.1) is 0 Å². The average Bonchev–Trinajstić information content (AvgIpc) is 4.05. The second-order valence-electron chi connectivity index (χ2n) is 16.5. The average molecular weight is 835 g/mol. The molecule has 0 aliphatic rings. The number of para-hydroxylation sites is 4. The number of rotatable bonds is 7. The minimum absolute atomic E-state index is 0.903. The lowest BCUT2D eigenvalue weighted by Gasteiger charge is -2.26. The molecule has 0 unspecified atom stereocenters. The van der Waals surface area contributed by atoms with Gasteiger partial charge in [0.2, 0.25) is 0 Å². The molecule has 13 rings (SSSR count). The van der Waals surface area contributed by atoms with Crippen molar-refractivity contribution >= 4 is 92.3 Å². The van der Waals surface area contributed by atoms with E-state index in [2.05, 4.69) is 228 Å². The maximum absolute atomic E-state index is 6.46. The lowest BCUT2D eigenvalue weighted by molar-refractivity contribution is 0.670. The molecule has 0 fully saturated rings. The van der Waals surface area contributed by atoms with Crippen molar-refractivity contribution in [1.29, 1.82) is 0 Å². The highest BCUT2D eigenvalue weighted by molar-refractivity contribution is 7.26. The fraction of sp³-hybridized carbons (Fsp3) is 0. The number of thiophene rings is 1. The molecule has 3 nitrogen and oxygen atoms in total. The van der Waals surface area contributed by atoms with Crippen LogP contribution in [0.2, 0.25) is 0 Å². The Morgan fingerprint density at radius 1 is 0.359 bits per heavy atom. The normalized spacial score (nSPS) is 11.8. The van der Waals surface area contributed by atoms with E-state index in [1.54, 1.807) is 0 Å². The van der Waals surface area contributed by atoms with Gasteiger partial charge >= 0.3 is 0 Å². The third kappa shape index (κ3) is 5.88. The molecular weight excluding hydrogens is 797 g/mol. The fourth-order valence-electron chi connectivity index (χ4n) is 9.81. The Hall–Kier alpha value is -8.18. The zero-order valence-electron chi connectivity index (χ0n) is 34.7. The minimum atomic E-state index is 0.903. The van der Waals surface area contributed by atoms with Gasteiger partial charge in [0.15, 0.2) is 0 Å². The fourth-order valence-corrected chi connectivity index (χ4v) is 11.0. The number of benzene rings is 10. The van der Waals surface area contributed by atoms with Gasteiger partial charge in [-0.2, -0.15) is 0 Å². The first-order valence-electron chi connectivity index (χ1n) is 21.7. The van der Waals surface area contributed by atoms with E-state index in [-0.39, 0.29) is 0 Å². The molecule has 0 spiro atoms. The molecule has 0 N–H and O–H groups in total. The maximum Gasteiger partial charge on any atom is 0.143 e. The summed E-state index contributed by atoms with van der Waals surface area (Å²) in [6.07, 6.45) is 0. The van der Waals surface area contributed by atoms with E-state index in [4.69, 9.17) is 4.42 Å². The van der Waals surface area contributed by atoms with Gasteiger partial charge in [-0.3, -0.25) is 0 Å². The van der Waals surface area contributed by atoms with Crippen molar-refractivity contribution in [2.45, 2.75) is 0 Å². The van der Waals surface area contributed by atoms with Crippen LogP contribution in [0.3, 0.4) is 0 Å². The predicted molar refractivity (Wildman–Crippen MR) is 272 cm³/mol. The zero-order chi connectivity index (χ0) is 42.1. The maximum atomic E-state index is 6.46. The molecule has 0 saturated heterocycles. The highest BCUT2D eigenvalue weighted by Crippen LogP contribution is 2.44. The summed E-state index contributed by atoms with van der Waals surface area (Å²) in [7, 11) is 0. The van der Waals surface area contributed by atoms with E-state index in [1.807, 2.05) is 23.5 Å². The van der Waals surface area contributed by atoms with Crippen molar-refractivity contribution in [3.63, 3.8) is 0 Å². The molecule has 13 aromatic rings. The van der Waals surface area contributed by atoms with Crippen LogP contribution in [0.5, 0.6) is 0 Å². The van der Waals surface area contributed by atoms with Crippen LogP contribution < -0.4 is 4.90 Å². The summed E-state index contributed by atoms with van der Waals surface area (Å²) >= 11 is 1.87. The molecule has 0 aliphatic heterocycles. The molecule has 0 bridgehead atoms. The van der Waals surface area contributed by atoms with Gasteiger partial charge in [0, 0.05) is 70.0 Å². The van der Waals surface area contributed by atoms with E-state index in [1.165, 1.54) is 58.7 Å². The minimum Gasteiger partial charge on any atom is -0.455 e. The quantitative estimate of drug-likeness (QED) is 0.159. The molecule has 0 radical (unpaired) electrons. The number of hydrogen-bond donors (Lipinski definition) is 0. The Morgan fingerprint density at radius 3 is 1.77 bits per heavy atom. The van der Waals surface area contributed by atoms with Crippen molar-refractivity contribution in [2.75, 3.05) is 4.90 Å². The lowest BCUT2D eigenvalue weighted by atomic mass is 10.00. The van der Waals surface area contributed by atoms with Crippen molar-refractivity contribution in [3.05, 3.63) is 231 Å². The van der Waals surface area contributed by atoms with Crippen LogP contribution in [0.15, 0.2) is 235 Å². The van der Waals surface area contributed by atoms with Crippen LogP contribution in [-0.4, -0.2) is 4.57 Å². The molecule has 3 aromatic heterocycles. The first-order chi connectivity index (χ1) is 31.7. The van der Waals surface area contributed by atoms with Gasteiger partial charge in [-0.25, -0.2) is 0 Å². The molecular formula is C60H38N2OS. The van der Waals surface area contributed by atoms with Gasteiger partial charge < -0.3 is 13.9 Å². The largest absolute Gasteiger partial charge is 0.455 e. The zero-order valence-corrected chi connectivity index (χ0v) is 35.5. The lowest BCUT2D eigenvalue weighted by Crippen LogP contribution is -2.10. The van der Waals surface area contributed by atoms with Gasteiger partial charge in [0.25, 0.3) is 0 Å². The summed E-state index contributed by atoms with van der Waals surface area (Å²) in [6, 6.07) is 83.4. The van der Waals surface area contributed by atoms with Gasteiger partial charge in [-0.05, 0) is 107 Å². The second kappa shape index (κ2) is 14.7. The number of fused-ring (bicyclic) bond motifs is 9. The van der Waals surface area contributed by atoms with Crippen LogP contribution in [-0.2, 0) is 0 Å². The third-order valence-corrected chi connectivity index (χ3v) is 14.0. The van der Waals surface area contributed by atoms with E-state index in [0.717, 1.165) is 61.4 Å². The highest BCUT2D eigenvalue weighted by Gasteiger charge is 2.19. The number of furan rings is 1. The number of aromatic nitrogens is 1. The van der Waals surface area contributed by atoms with E-state index in [0.29, 0.717) is 0 Å². The standard InChI is InChI=1S/C60H38N2OS/c1-2-14-43(15-3-1)62-55-24-7-4-17-49(55)54-38-42(31-36-56(54)62)41-13-10-16-46(37-41)61(44-32-27-39(28-33-44)47-20-11-22-52-50-18-5-8-25-57(50)63-59(47)52)45-34-29-40(30-35-45)48-21-12-23-53-51-19-6-9-26-58(51)64-60(48)53/h1-38H. The van der Waals surface area contributed by atoms with Gasteiger partial charge in [0.05, 0.1) is 11.0 Å². The van der Waals surface area contributed by atoms with Crippen molar-refractivity contribution in [3.8, 4) is 39.1 Å². The molecule has 0 aliphatic carbocycles. The van der Waals surface area contributed by atoms with Crippen LogP contribution in [0.25, 0.3) is 103 Å². The third-order valence-electron chi connectivity index (χ3n) is 12.8. The van der Waals surface area contributed by atoms with Gasteiger partial charge in [-0.1, -0.05) is 152 Å². The van der Waals surface area contributed by atoms with Crippen LogP contribution >= 0.6 is 11.3 Å². The number of nitrogens with zero attached hydrogens (tertiary/aromatic N) is 2. The van der Waals surface area contributed by atoms with Crippen LogP contribution in [0.4, 0.5) is 17.1 Å². The van der Waals surface area contributed by atoms with E-state index >= 15 is 0 Å². The molecule has 300 valence electrons. The first kappa shape index (κ1) is 36.5. The molecule has 10 aromatic carbocycles. The van der Waals surface area contributed by atoms with Crippen molar-refractivity contribution in [1.82, 2.24) is 4.57 Å². The second-order valence-corrected chi connectivity index (χ2v) is 17.5. The van der Waals surface area contributed by atoms with E-state index < -0.39 is 0 Å². The Balaban J connectivity index is 0.932. The monoisotopic (exact) mass is 834 g/mol. The smallest absolute Gasteiger partial charge is 0.143 e. The summed E-state index contributed by atoms with van der Waals surface area (Å²) in [4.78, 5) is 2.37. The summed E-state index contributed by atoms with van der Waals surface area (Å²) < 4.78 is 11.5. The van der Waals surface area contributed by atoms with Crippen molar-refractivity contribution in [2.24, 2.45) is 0 Å². The summed E-state index contributed by atoms with van der Waals surface area (Å²) in [5, 5.41) is 7.36. The molecule has 0 amide bonds.